The molecule has 7 aromatic rings. The van der Waals surface area contributed by atoms with E-state index in [0.29, 0.717) is 0 Å². The summed E-state index contributed by atoms with van der Waals surface area (Å²) in [6.07, 6.45) is 5.61. The van der Waals surface area contributed by atoms with Crippen LogP contribution in [-0.2, 0) is 5.41 Å². The largest absolute Gasteiger partial charge is 0.264 e. The van der Waals surface area contributed by atoms with E-state index in [-0.39, 0.29) is 0 Å². The fourth-order valence-electron chi connectivity index (χ4n) is 6.63. The van der Waals surface area contributed by atoms with Crippen molar-refractivity contribution in [3.05, 3.63) is 174 Å². The van der Waals surface area contributed by atoms with Gasteiger partial charge in [-0.1, -0.05) is 91.0 Å². The van der Waals surface area contributed by atoms with E-state index in [1.807, 2.05) is 18.5 Å². The van der Waals surface area contributed by atoms with Gasteiger partial charge in [-0.15, -0.1) is 0 Å². The van der Waals surface area contributed by atoms with E-state index < -0.39 is 5.41 Å². The first-order valence-electron chi connectivity index (χ1n) is 14.3. The maximum atomic E-state index is 4.95. The van der Waals surface area contributed by atoms with Gasteiger partial charge in [0.1, 0.15) is 0 Å². The molecule has 198 valence electrons. The Balaban J connectivity index is 1.40. The van der Waals surface area contributed by atoms with Crippen LogP contribution in [0.25, 0.3) is 44.4 Å². The predicted octanol–water partition coefficient (Wildman–Crippen LogP) is 9.03. The molecule has 0 spiro atoms. The molecule has 0 aliphatic heterocycles. The molecule has 3 heterocycles. The Morgan fingerprint density at radius 1 is 0.548 bits per heavy atom. The molecule has 0 saturated carbocycles. The van der Waals surface area contributed by atoms with Gasteiger partial charge in [-0.3, -0.25) is 15.0 Å². The van der Waals surface area contributed by atoms with Crippen LogP contribution in [0.5, 0.6) is 0 Å². The van der Waals surface area contributed by atoms with Crippen molar-refractivity contribution in [1.82, 2.24) is 15.0 Å². The van der Waals surface area contributed by atoms with Gasteiger partial charge in [-0.2, -0.15) is 0 Å². The number of pyridine rings is 3. The van der Waals surface area contributed by atoms with Gasteiger partial charge in [0.15, 0.2) is 0 Å². The highest BCUT2D eigenvalue weighted by atomic mass is 14.7. The Bertz CT molecular complexity index is 2030. The third-order valence-corrected chi connectivity index (χ3v) is 8.55. The van der Waals surface area contributed by atoms with Crippen molar-refractivity contribution >= 4 is 10.9 Å². The van der Waals surface area contributed by atoms with Crippen molar-refractivity contribution in [2.45, 2.75) is 12.3 Å². The molecule has 4 aromatic carbocycles. The summed E-state index contributed by atoms with van der Waals surface area (Å²) in [6, 6.07) is 45.8. The summed E-state index contributed by atoms with van der Waals surface area (Å²) in [5, 5.41) is 1.15. The summed E-state index contributed by atoms with van der Waals surface area (Å²) in [4.78, 5) is 14.1. The van der Waals surface area contributed by atoms with Crippen LogP contribution in [0.2, 0.25) is 0 Å². The van der Waals surface area contributed by atoms with Crippen molar-refractivity contribution in [1.29, 1.82) is 0 Å². The lowest BCUT2D eigenvalue weighted by Crippen LogP contribution is -2.28. The summed E-state index contributed by atoms with van der Waals surface area (Å²) < 4.78 is 0. The van der Waals surface area contributed by atoms with E-state index >= 15 is 0 Å². The highest BCUT2D eigenvalue weighted by Gasteiger charge is 2.46. The van der Waals surface area contributed by atoms with Crippen molar-refractivity contribution in [3.63, 3.8) is 0 Å². The van der Waals surface area contributed by atoms with Gasteiger partial charge in [0.2, 0.25) is 0 Å². The molecule has 0 fully saturated rings. The molecular formula is C39H27N3. The van der Waals surface area contributed by atoms with Gasteiger partial charge in [0, 0.05) is 46.4 Å². The number of benzene rings is 4. The van der Waals surface area contributed by atoms with E-state index in [1.54, 1.807) is 6.20 Å². The first-order valence-corrected chi connectivity index (χ1v) is 14.3. The molecule has 0 radical (unpaired) electrons. The Morgan fingerprint density at radius 2 is 1.26 bits per heavy atom. The Labute approximate surface area is 245 Å². The van der Waals surface area contributed by atoms with Crippen molar-refractivity contribution < 1.29 is 0 Å². The lowest BCUT2D eigenvalue weighted by molar-refractivity contribution is 0.769. The standard InChI is InChI=1S/C39H27N3/c1-26-14-15-27-21-34-33-18-16-28(37-19-17-30(25-41-37)29-9-8-20-40-24-29)22-35(33)39(31-10-4-2-5-11-31,32-12-6-3-7-13-32)36(34)23-38(27)42-26/h2-25H,1H3. The van der Waals surface area contributed by atoms with Crippen LogP contribution < -0.4 is 0 Å². The van der Waals surface area contributed by atoms with Crippen molar-refractivity contribution in [3.8, 4) is 33.5 Å². The highest BCUT2D eigenvalue weighted by Crippen LogP contribution is 2.57. The lowest BCUT2D eigenvalue weighted by atomic mass is 9.67. The van der Waals surface area contributed by atoms with Gasteiger partial charge in [0.25, 0.3) is 0 Å². The van der Waals surface area contributed by atoms with Gasteiger partial charge in [0.05, 0.1) is 16.6 Å². The first-order chi connectivity index (χ1) is 20.7. The van der Waals surface area contributed by atoms with Crippen molar-refractivity contribution in [2.24, 2.45) is 0 Å². The molecule has 3 heteroatoms. The Kier molecular flexibility index (Phi) is 5.58. The molecule has 0 saturated heterocycles. The van der Waals surface area contributed by atoms with E-state index in [2.05, 4.69) is 133 Å². The average Bonchev–Trinajstić information content (AvgIpc) is 3.34. The maximum absolute atomic E-state index is 4.95. The van der Waals surface area contributed by atoms with Crippen LogP contribution in [0.4, 0.5) is 0 Å². The lowest BCUT2D eigenvalue weighted by Gasteiger charge is -2.34. The van der Waals surface area contributed by atoms with E-state index in [9.17, 15) is 0 Å². The normalized spacial score (nSPS) is 13.1. The average molecular weight is 538 g/mol. The second-order valence-electron chi connectivity index (χ2n) is 11.0. The molecule has 1 aliphatic rings. The van der Waals surface area contributed by atoms with E-state index in [1.165, 1.54) is 33.4 Å². The smallest absolute Gasteiger partial charge is 0.0714 e. The molecule has 0 atom stereocenters. The van der Waals surface area contributed by atoms with E-state index in [4.69, 9.17) is 9.97 Å². The molecular weight excluding hydrogens is 510 g/mol. The predicted molar refractivity (Wildman–Crippen MR) is 170 cm³/mol. The van der Waals surface area contributed by atoms with Gasteiger partial charge in [-0.05, 0) is 76.7 Å². The molecule has 0 bridgehead atoms. The second kappa shape index (κ2) is 9.60. The minimum atomic E-state index is -0.502. The summed E-state index contributed by atoms with van der Waals surface area (Å²) >= 11 is 0. The number of rotatable bonds is 4. The van der Waals surface area contributed by atoms with Crippen LogP contribution in [0, 0.1) is 6.92 Å². The highest BCUT2D eigenvalue weighted by molar-refractivity contribution is 5.95. The van der Waals surface area contributed by atoms with Crippen molar-refractivity contribution in [2.75, 3.05) is 0 Å². The number of hydrogen-bond acceptors (Lipinski definition) is 3. The molecule has 0 unspecified atom stereocenters. The van der Waals surface area contributed by atoms with Gasteiger partial charge >= 0.3 is 0 Å². The summed E-state index contributed by atoms with van der Waals surface area (Å²) in [6.45, 7) is 2.06. The number of aromatic nitrogens is 3. The van der Waals surface area contributed by atoms with Gasteiger partial charge in [-0.25, -0.2) is 0 Å². The van der Waals surface area contributed by atoms with Crippen LogP contribution in [0.1, 0.15) is 27.9 Å². The molecule has 0 amide bonds. The second-order valence-corrected chi connectivity index (χ2v) is 11.0. The molecule has 1 aliphatic carbocycles. The minimum absolute atomic E-state index is 0.502. The van der Waals surface area contributed by atoms with Crippen LogP contribution >= 0.6 is 0 Å². The fourth-order valence-corrected chi connectivity index (χ4v) is 6.63. The quantitative estimate of drug-likeness (QED) is 0.225. The van der Waals surface area contributed by atoms with E-state index in [0.717, 1.165) is 39.0 Å². The molecule has 3 nitrogen and oxygen atoms in total. The third-order valence-electron chi connectivity index (χ3n) is 8.55. The minimum Gasteiger partial charge on any atom is -0.264 e. The summed E-state index contributed by atoms with van der Waals surface area (Å²) in [5.74, 6) is 0. The maximum Gasteiger partial charge on any atom is 0.0714 e. The Morgan fingerprint density at radius 3 is 1.95 bits per heavy atom. The molecule has 0 N–H and O–H groups in total. The molecule has 3 aromatic heterocycles. The fraction of sp³-hybridized carbons (Fsp3) is 0.0513. The zero-order valence-corrected chi connectivity index (χ0v) is 23.2. The number of hydrogen-bond donors (Lipinski definition) is 0. The monoisotopic (exact) mass is 537 g/mol. The summed E-state index contributed by atoms with van der Waals surface area (Å²) in [7, 11) is 0. The zero-order chi connectivity index (χ0) is 28.1. The topological polar surface area (TPSA) is 38.7 Å². The number of nitrogens with zero attached hydrogens (tertiary/aromatic N) is 3. The SMILES string of the molecule is Cc1ccc2cc3c(cc2n1)C(c1ccccc1)(c1ccccc1)c1cc(-c2ccc(-c4cccnc4)cn2)ccc1-3. The molecule has 8 rings (SSSR count). The third kappa shape index (κ3) is 3.71. The van der Waals surface area contributed by atoms with Crippen LogP contribution in [-0.4, -0.2) is 15.0 Å². The summed E-state index contributed by atoms with van der Waals surface area (Å²) in [5.41, 5.74) is 13.2. The van der Waals surface area contributed by atoms with Crippen LogP contribution in [0.15, 0.2) is 146 Å². The molecule has 42 heavy (non-hydrogen) atoms. The van der Waals surface area contributed by atoms with Gasteiger partial charge < -0.3 is 0 Å². The van der Waals surface area contributed by atoms with Crippen LogP contribution in [0.3, 0.4) is 0 Å². The zero-order valence-electron chi connectivity index (χ0n) is 23.2. The first kappa shape index (κ1) is 24.4. The number of fused-ring (bicyclic) bond motifs is 4. The number of aryl methyl sites for hydroxylation is 1. The Hall–Kier alpha value is -5.41.